The van der Waals surface area contributed by atoms with Crippen LogP contribution in [0.3, 0.4) is 0 Å². The first-order valence-corrected chi connectivity index (χ1v) is 5.69. The van der Waals surface area contributed by atoms with E-state index in [2.05, 4.69) is 10.1 Å². The Hall–Kier alpha value is -1.75. The molecular formula is C12H17N3O2. The SMILES string of the molecule is N/C(=N/O)c1ccccc1N1CCC(CO)C1. The van der Waals surface area contributed by atoms with Crippen molar-refractivity contribution in [1.29, 1.82) is 0 Å². The van der Waals surface area contributed by atoms with Gasteiger partial charge in [0.1, 0.15) is 0 Å². The van der Waals surface area contributed by atoms with Crippen molar-refractivity contribution in [3.05, 3.63) is 29.8 Å². The molecule has 1 aromatic rings. The van der Waals surface area contributed by atoms with Gasteiger partial charge in [0.05, 0.1) is 0 Å². The Morgan fingerprint density at radius 1 is 1.47 bits per heavy atom. The van der Waals surface area contributed by atoms with E-state index < -0.39 is 0 Å². The third-order valence-corrected chi connectivity index (χ3v) is 3.17. The molecule has 1 aliphatic rings. The average Bonchev–Trinajstić information content (AvgIpc) is 2.86. The summed E-state index contributed by atoms with van der Waals surface area (Å²) in [4.78, 5) is 2.16. The van der Waals surface area contributed by atoms with Crippen molar-refractivity contribution in [2.45, 2.75) is 6.42 Å². The summed E-state index contributed by atoms with van der Waals surface area (Å²) in [7, 11) is 0. The smallest absolute Gasteiger partial charge is 0.172 e. The van der Waals surface area contributed by atoms with Crippen molar-refractivity contribution in [3.8, 4) is 0 Å². The van der Waals surface area contributed by atoms with Crippen LogP contribution in [0.1, 0.15) is 12.0 Å². The average molecular weight is 235 g/mol. The zero-order chi connectivity index (χ0) is 12.3. The molecule has 0 radical (unpaired) electrons. The second-order valence-corrected chi connectivity index (χ2v) is 4.29. The first-order chi connectivity index (χ1) is 8.26. The molecule has 4 N–H and O–H groups in total. The van der Waals surface area contributed by atoms with Crippen LogP contribution in [0.15, 0.2) is 29.4 Å². The fourth-order valence-corrected chi connectivity index (χ4v) is 2.22. The van der Waals surface area contributed by atoms with Gasteiger partial charge < -0.3 is 20.9 Å². The van der Waals surface area contributed by atoms with Crippen molar-refractivity contribution < 1.29 is 10.3 Å². The molecule has 1 atom stereocenters. The summed E-state index contributed by atoms with van der Waals surface area (Å²) in [6.07, 6.45) is 0.973. The number of hydrogen-bond acceptors (Lipinski definition) is 4. The maximum Gasteiger partial charge on any atom is 0.172 e. The van der Waals surface area contributed by atoms with Crippen LogP contribution < -0.4 is 10.6 Å². The first-order valence-electron chi connectivity index (χ1n) is 5.69. The molecule has 0 spiro atoms. The first kappa shape index (κ1) is 11.7. The van der Waals surface area contributed by atoms with Gasteiger partial charge in [0.2, 0.25) is 0 Å². The lowest BCUT2D eigenvalue weighted by Crippen LogP contribution is -2.25. The van der Waals surface area contributed by atoms with Crippen molar-refractivity contribution in [2.24, 2.45) is 16.8 Å². The Balaban J connectivity index is 2.27. The second kappa shape index (κ2) is 5.05. The van der Waals surface area contributed by atoms with Gasteiger partial charge in [-0.3, -0.25) is 0 Å². The zero-order valence-electron chi connectivity index (χ0n) is 9.58. The van der Waals surface area contributed by atoms with Crippen LogP contribution >= 0.6 is 0 Å². The lowest BCUT2D eigenvalue weighted by Gasteiger charge is -2.21. The number of aliphatic hydroxyl groups excluding tert-OH is 1. The van der Waals surface area contributed by atoms with E-state index in [4.69, 9.17) is 16.0 Å². The Kier molecular flexibility index (Phi) is 3.49. The molecular weight excluding hydrogens is 218 g/mol. The summed E-state index contributed by atoms with van der Waals surface area (Å²) in [6.45, 7) is 1.91. The monoisotopic (exact) mass is 235 g/mol. The lowest BCUT2D eigenvalue weighted by atomic mass is 10.1. The van der Waals surface area contributed by atoms with E-state index in [0.717, 1.165) is 30.8 Å². The number of benzene rings is 1. The molecule has 1 heterocycles. The largest absolute Gasteiger partial charge is 0.409 e. The lowest BCUT2D eigenvalue weighted by molar-refractivity contribution is 0.238. The maximum atomic E-state index is 9.14. The molecule has 0 aliphatic carbocycles. The third-order valence-electron chi connectivity index (χ3n) is 3.17. The van der Waals surface area contributed by atoms with E-state index in [1.165, 1.54) is 0 Å². The second-order valence-electron chi connectivity index (χ2n) is 4.29. The van der Waals surface area contributed by atoms with Crippen LogP contribution in [0.5, 0.6) is 0 Å². The normalized spacial score (nSPS) is 20.9. The van der Waals surface area contributed by atoms with E-state index in [1.807, 2.05) is 24.3 Å². The number of rotatable bonds is 3. The number of para-hydroxylation sites is 1. The minimum atomic E-state index is 0.119. The number of hydrogen-bond donors (Lipinski definition) is 3. The number of anilines is 1. The molecule has 5 heteroatoms. The highest BCUT2D eigenvalue weighted by molar-refractivity contribution is 6.02. The molecule has 92 valence electrons. The molecule has 2 rings (SSSR count). The molecule has 1 fully saturated rings. The molecule has 1 saturated heterocycles. The summed E-state index contributed by atoms with van der Waals surface area (Å²) in [5, 5.41) is 20.9. The minimum Gasteiger partial charge on any atom is -0.409 e. The van der Waals surface area contributed by atoms with Crippen LogP contribution in [0, 0.1) is 5.92 Å². The molecule has 0 saturated carbocycles. The highest BCUT2D eigenvalue weighted by Gasteiger charge is 2.24. The summed E-state index contributed by atoms with van der Waals surface area (Å²) in [5.74, 6) is 0.434. The predicted octanol–water partition coefficient (Wildman–Crippen LogP) is 0.600. The quantitative estimate of drug-likeness (QED) is 0.310. The van der Waals surface area contributed by atoms with Crippen molar-refractivity contribution in [1.82, 2.24) is 0 Å². The number of oxime groups is 1. The van der Waals surface area contributed by atoms with E-state index in [9.17, 15) is 0 Å². The van der Waals surface area contributed by atoms with E-state index in [0.29, 0.717) is 5.92 Å². The summed E-state index contributed by atoms with van der Waals surface area (Å²) in [6, 6.07) is 7.57. The van der Waals surface area contributed by atoms with Gasteiger partial charge in [0.15, 0.2) is 5.84 Å². The molecule has 1 aromatic carbocycles. The topological polar surface area (TPSA) is 82.1 Å². The molecule has 5 nitrogen and oxygen atoms in total. The summed E-state index contributed by atoms with van der Waals surface area (Å²) < 4.78 is 0. The zero-order valence-corrected chi connectivity index (χ0v) is 9.58. The van der Waals surface area contributed by atoms with E-state index in [1.54, 1.807) is 0 Å². The Labute approximate surface area is 100 Å². The van der Waals surface area contributed by atoms with Gasteiger partial charge in [-0.2, -0.15) is 0 Å². The van der Waals surface area contributed by atoms with Crippen LogP contribution in [0.4, 0.5) is 5.69 Å². The standard InChI is InChI=1S/C12H17N3O2/c13-12(14-17)10-3-1-2-4-11(10)15-6-5-9(7-15)8-16/h1-4,9,16-17H,5-8H2,(H2,13,14). The molecule has 17 heavy (non-hydrogen) atoms. The van der Waals surface area contributed by atoms with Crippen LogP contribution in [0.2, 0.25) is 0 Å². The Morgan fingerprint density at radius 3 is 2.88 bits per heavy atom. The highest BCUT2D eigenvalue weighted by atomic mass is 16.4. The molecule has 0 bridgehead atoms. The van der Waals surface area contributed by atoms with Gasteiger partial charge >= 0.3 is 0 Å². The van der Waals surface area contributed by atoms with Gasteiger partial charge in [-0.05, 0) is 18.6 Å². The van der Waals surface area contributed by atoms with Crippen molar-refractivity contribution >= 4 is 11.5 Å². The van der Waals surface area contributed by atoms with Crippen molar-refractivity contribution in [3.63, 3.8) is 0 Å². The van der Waals surface area contributed by atoms with Crippen LogP contribution in [-0.4, -0.2) is 35.8 Å². The number of nitrogens with zero attached hydrogens (tertiary/aromatic N) is 2. The van der Waals surface area contributed by atoms with Gasteiger partial charge in [0, 0.05) is 36.9 Å². The molecule has 1 unspecified atom stereocenters. The third kappa shape index (κ3) is 2.34. The fraction of sp³-hybridized carbons (Fsp3) is 0.417. The minimum absolute atomic E-state index is 0.119. The molecule has 0 aromatic heterocycles. The van der Waals surface area contributed by atoms with Crippen LogP contribution in [-0.2, 0) is 0 Å². The fourth-order valence-electron chi connectivity index (χ4n) is 2.22. The van der Waals surface area contributed by atoms with Gasteiger partial charge in [-0.1, -0.05) is 17.3 Å². The predicted molar refractivity (Wildman–Crippen MR) is 66.4 cm³/mol. The maximum absolute atomic E-state index is 9.14. The highest BCUT2D eigenvalue weighted by Crippen LogP contribution is 2.26. The van der Waals surface area contributed by atoms with E-state index in [-0.39, 0.29) is 12.4 Å². The molecule has 0 amide bonds. The Bertz CT molecular complexity index is 420. The number of nitrogens with two attached hydrogens (primary N) is 1. The summed E-state index contributed by atoms with van der Waals surface area (Å²) in [5.41, 5.74) is 7.34. The van der Waals surface area contributed by atoms with E-state index >= 15 is 0 Å². The summed E-state index contributed by atoms with van der Waals surface area (Å²) >= 11 is 0. The number of aliphatic hydroxyl groups is 1. The van der Waals surface area contributed by atoms with Crippen molar-refractivity contribution in [2.75, 3.05) is 24.6 Å². The molecule has 1 aliphatic heterocycles. The Morgan fingerprint density at radius 2 is 2.24 bits per heavy atom. The van der Waals surface area contributed by atoms with Gasteiger partial charge in [-0.25, -0.2) is 0 Å². The number of amidine groups is 1. The van der Waals surface area contributed by atoms with Crippen LogP contribution in [0.25, 0.3) is 0 Å². The van der Waals surface area contributed by atoms with Gasteiger partial charge in [-0.15, -0.1) is 0 Å². The van der Waals surface area contributed by atoms with Gasteiger partial charge in [0.25, 0.3) is 0 Å².